The largest absolute Gasteiger partial charge is 0.493 e. The number of anilines is 1. The Morgan fingerprint density at radius 1 is 1.04 bits per heavy atom. The molecule has 4 nitrogen and oxygen atoms in total. The number of benzene rings is 2. The Morgan fingerprint density at radius 3 is 2.56 bits per heavy atom. The van der Waals surface area contributed by atoms with E-state index in [-0.39, 0.29) is 0 Å². The summed E-state index contributed by atoms with van der Waals surface area (Å²) in [5.74, 6) is 1.79. The summed E-state index contributed by atoms with van der Waals surface area (Å²) >= 11 is 6.08. The first-order chi connectivity index (χ1) is 12.0. The van der Waals surface area contributed by atoms with Crippen LogP contribution < -0.4 is 10.1 Å². The van der Waals surface area contributed by atoms with Crippen molar-refractivity contribution >= 4 is 28.3 Å². The van der Waals surface area contributed by atoms with Crippen LogP contribution in [0, 0.1) is 20.8 Å². The average molecular weight is 356 g/mol. The van der Waals surface area contributed by atoms with E-state index in [9.17, 15) is 0 Å². The van der Waals surface area contributed by atoms with Crippen molar-refractivity contribution in [2.24, 2.45) is 0 Å². The molecule has 0 fully saturated rings. The van der Waals surface area contributed by atoms with Crippen molar-refractivity contribution in [3.05, 3.63) is 58.4 Å². The van der Waals surface area contributed by atoms with E-state index < -0.39 is 0 Å². The van der Waals surface area contributed by atoms with Crippen molar-refractivity contribution in [3.8, 4) is 5.75 Å². The number of ether oxygens (including phenoxy) is 1. The van der Waals surface area contributed by atoms with E-state index in [4.69, 9.17) is 16.3 Å². The third-order valence-corrected chi connectivity index (χ3v) is 4.30. The molecule has 1 N–H and O–H groups in total. The molecule has 25 heavy (non-hydrogen) atoms. The molecule has 0 radical (unpaired) electrons. The summed E-state index contributed by atoms with van der Waals surface area (Å²) in [5, 5.41) is 4.96. The van der Waals surface area contributed by atoms with E-state index in [2.05, 4.69) is 48.2 Å². The fraction of sp³-hybridized carbons (Fsp3) is 0.300. The van der Waals surface area contributed by atoms with Crippen LogP contribution in [0.3, 0.4) is 0 Å². The summed E-state index contributed by atoms with van der Waals surface area (Å²) in [6, 6.07) is 9.92. The van der Waals surface area contributed by atoms with Gasteiger partial charge in [0.15, 0.2) is 0 Å². The molecular weight excluding hydrogens is 334 g/mol. The second kappa shape index (κ2) is 7.70. The van der Waals surface area contributed by atoms with Gasteiger partial charge in [-0.1, -0.05) is 29.3 Å². The van der Waals surface area contributed by atoms with Crippen molar-refractivity contribution in [2.75, 3.05) is 18.5 Å². The van der Waals surface area contributed by atoms with E-state index in [1.54, 1.807) is 6.33 Å². The van der Waals surface area contributed by atoms with Gasteiger partial charge in [-0.15, -0.1) is 0 Å². The van der Waals surface area contributed by atoms with Crippen LogP contribution in [0.15, 0.2) is 36.7 Å². The van der Waals surface area contributed by atoms with Gasteiger partial charge in [-0.3, -0.25) is 0 Å². The van der Waals surface area contributed by atoms with Crippen LogP contribution in [-0.4, -0.2) is 23.1 Å². The van der Waals surface area contributed by atoms with Crippen molar-refractivity contribution in [1.29, 1.82) is 0 Å². The number of halogens is 1. The predicted molar refractivity (Wildman–Crippen MR) is 104 cm³/mol. The Kier molecular flexibility index (Phi) is 5.39. The number of hydrogen-bond acceptors (Lipinski definition) is 4. The quantitative estimate of drug-likeness (QED) is 0.625. The number of aromatic nitrogens is 2. The number of fused-ring (bicyclic) bond motifs is 1. The summed E-state index contributed by atoms with van der Waals surface area (Å²) in [4.78, 5) is 8.58. The van der Waals surface area contributed by atoms with Crippen molar-refractivity contribution in [1.82, 2.24) is 9.97 Å². The SMILES string of the molecule is Cc1cc(C)c(OCCCNc2ncnc3ccc(Cl)cc23)c(C)c1. The van der Waals surface area contributed by atoms with Crippen LogP contribution >= 0.6 is 11.6 Å². The van der Waals surface area contributed by atoms with Gasteiger partial charge in [0.05, 0.1) is 12.1 Å². The van der Waals surface area contributed by atoms with Crippen LogP contribution in [-0.2, 0) is 0 Å². The molecule has 0 aliphatic heterocycles. The highest BCUT2D eigenvalue weighted by Gasteiger charge is 2.06. The van der Waals surface area contributed by atoms with Crippen molar-refractivity contribution in [3.63, 3.8) is 0 Å². The first-order valence-corrected chi connectivity index (χ1v) is 8.77. The zero-order valence-corrected chi connectivity index (χ0v) is 15.5. The Bertz CT molecular complexity index is 872. The predicted octanol–water partition coefficient (Wildman–Crippen LogP) is 5.09. The van der Waals surface area contributed by atoms with Gasteiger partial charge >= 0.3 is 0 Å². The zero-order chi connectivity index (χ0) is 17.8. The first-order valence-electron chi connectivity index (χ1n) is 8.39. The first kappa shape index (κ1) is 17.5. The molecule has 0 saturated heterocycles. The third kappa shape index (κ3) is 4.20. The molecule has 0 atom stereocenters. The van der Waals surface area contributed by atoms with Gasteiger partial charge in [-0.05, 0) is 56.5 Å². The maximum absolute atomic E-state index is 6.08. The van der Waals surface area contributed by atoms with Crippen LogP contribution in [0.1, 0.15) is 23.1 Å². The number of nitrogens with zero attached hydrogens (tertiary/aromatic N) is 2. The van der Waals surface area contributed by atoms with Gasteiger partial charge in [-0.25, -0.2) is 9.97 Å². The lowest BCUT2D eigenvalue weighted by atomic mass is 10.1. The highest BCUT2D eigenvalue weighted by Crippen LogP contribution is 2.25. The molecule has 0 saturated carbocycles. The maximum atomic E-state index is 6.08. The normalized spacial score (nSPS) is 10.9. The molecule has 0 unspecified atom stereocenters. The standard InChI is InChI=1S/C20H22ClN3O/c1-13-9-14(2)19(15(3)10-13)25-8-4-7-22-20-17-11-16(21)5-6-18(17)23-12-24-20/h5-6,9-12H,4,7-8H2,1-3H3,(H,22,23,24). The number of rotatable bonds is 6. The van der Waals surface area contributed by atoms with E-state index in [1.165, 1.54) is 16.7 Å². The minimum atomic E-state index is 0.654. The lowest BCUT2D eigenvalue weighted by Gasteiger charge is -2.13. The summed E-state index contributed by atoms with van der Waals surface area (Å²) in [5.41, 5.74) is 4.51. The highest BCUT2D eigenvalue weighted by molar-refractivity contribution is 6.31. The van der Waals surface area contributed by atoms with Crippen LogP contribution in [0.5, 0.6) is 5.75 Å². The van der Waals surface area contributed by atoms with E-state index in [1.807, 2.05) is 18.2 Å². The summed E-state index contributed by atoms with van der Waals surface area (Å²) in [6.45, 7) is 7.70. The van der Waals surface area contributed by atoms with Crippen LogP contribution in [0.2, 0.25) is 5.02 Å². The molecule has 130 valence electrons. The molecule has 3 rings (SSSR count). The Morgan fingerprint density at radius 2 is 1.80 bits per heavy atom. The fourth-order valence-corrected chi connectivity index (χ4v) is 3.19. The van der Waals surface area contributed by atoms with Gasteiger partial charge in [0, 0.05) is 17.0 Å². The minimum Gasteiger partial charge on any atom is -0.493 e. The Labute approximate surface area is 153 Å². The highest BCUT2D eigenvalue weighted by atomic mass is 35.5. The summed E-state index contributed by atoms with van der Waals surface area (Å²) < 4.78 is 5.97. The molecule has 0 bridgehead atoms. The van der Waals surface area contributed by atoms with Crippen LogP contribution in [0.25, 0.3) is 10.9 Å². The van der Waals surface area contributed by atoms with Crippen molar-refractivity contribution < 1.29 is 4.74 Å². The lowest BCUT2D eigenvalue weighted by Crippen LogP contribution is -2.09. The molecular formula is C20H22ClN3O. The second-order valence-corrected chi connectivity index (χ2v) is 6.68. The summed E-state index contributed by atoms with van der Waals surface area (Å²) in [7, 11) is 0. The minimum absolute atomic E-state index is 0.654. The van der Waals surface area contributed by atoms with E-state index >= 15 is 0 Å². The topological polar surface area (TPSA) is 47.0 Å². The molecule has 0 aliphatic carbocycles. The Balaban J connectivity index is 1.57. The molecule has 0 amide bonds. The Hall–Kier alpha value is -2.33. The number of hydrogen-bond donors (Lipinski definition) is 1. The molecule has 0 aliphatic rings. The average Bonchev–Trinajstić information content (AvgIpc) is 2.56. The summed E-state index contributed by atoms with van der Waals surface area (Å²) in [6.07, 6.45) is 2.44. The second-order valence-electron chi connectivity index (χ2n) is 6.24. The molecule has 1 heterocycles. The van der Waals surface area contributed by atoms with Gasteiger partial charge in [0.25, 0.3) is 0 Å². The smallest absolute Gasteiger partial charge is 0.137 e. The van der Waals surface area contributed by atoms with Gasteiger partial charge in [0.2, 0.25) is 0 Å². The van der Waals surface area contributed by atoms with Gasteiger partial charge < -0.3 is 10.1 Å². The zero-order valence-electron chi connectivity index (χ0n) is 14.8. The number of aryl methyl sites for hydroxylation is 3. The van der Waals surface area contributed by atoms with Gasteiger partial charge in [0.1, 0.15) is 17.9 Å². The van der Waals surface area contributed by atoms with E-state index in [0.717, 1.165) is 35.4 Å². The monoisotopic (exact) mass is 355 g/mol. The third-order valence-electron chi connectivity index (χ3n) is 4.06. The van der Waals surface area contributed by atoms with Gasteiger partial charge in [-0.2, -0.15) is 0 Å². The molecule has 2 aromatic carbocycles. The van der Waals surface area contributed by atoms with Crippen LogP contribution in [0.4, 0.5) is 5.82 Å². The number of nitrogens with one attached hydrogen (secondary N) is 1. The molecule has 5 heteroatoms. The van der Waals surface area contributed by atoms with E-state index in [0.29, 0.717) is 11.6 Å². The molecule has 3 aromatic rings. The fourth-order valence-electron chi connectivity index (χ4n) is 3.02. The molecule has 1 aromatic heterocycles. The molecule has 0 spiro atoms. The lowest BCUT2D eigenvalue weighted by molar-refractivity contribution is 0.311. The maximum Gasteiger partial charge on any atom is 0.137 e. The van der Waals surface area contributed by atoms with Crippen molar-refractivity contribution in [2.45, 2.75) is 27.2 Å².